The fourth-order valence-corrected chi connectivity index (χ4v) is 1.83. The first-order chi connectivity index (χ1) is 9.11. The first kappa shape index (κ1) is 11.5. The van der Waals surface area contributed by atoms with Crippen LogP contribution in [0.25, 0.3) is 11.1 Å². The van der Waals surface area contributed by atoms with Gasteiger partial charge in [-0.1, -0.05) is 0 Å². The molecule has 0 saturated heterocycles. The first-order valence-corrected chi connectivity index (χ1v) is 5.80. The van der Waals surface area contributed by atoms with Crippen LogP contribution in [0.5, 0.6) is 0 Å². The molecule has 0 amide bonds. The van der Waals surface area contributed by atoms with Crippen LogP contribution in [0.1, 0.15) is 11.5 Å². The average Bonchev–Trinajstić information content (AvgIpc) is 2.74. The van der Waals surface area contributed by atoms with Crippen LogP contribution in [0.4, 0.5) is 5.69 Å². The number of rotatable bonds is 2. The summed E-state index contributed by atoms with van der Waals surface area (Å²) in [6, 6.07) is 6.75. The van der Waals surface area contributed by atoms with Gasteiger partial charge in [0.05, 0.1) is 6.20 Å². The first-order valence-electron chi connectivity index (χ1n) is 5.80. The lowest BCUT2D eigenvalue weighted by Crippen LogP contribution is -2.22. The van der Waals surface area contributed by atoms with E-state index in [1.807, 2.05) is 6.92 Å². The molecule has 0 aliphatic rings. The second kappa shape index (κ2) is 4.24. The summed E-state index contributed by atoms with van der Waals surface area (Å²) >= 11 is 0. The van der Waals surface area contributed by atoms with Crippen molar-refractivity contribution in [3.63, 3.8) is 0 Å². The molecule has 0 spiro atoms. The number of nitrogens with two attached hydrogens (primary N) is 1. The summed E-state index contributed by atoms with van der Waals surface area (Å²) in [4.78, 5) is 16.0. The summed E-state index contributed by atoms with van der Waals surface area (Å²) in [6.45, 7) is 2.02. The van der Waals surface area contributed by atoms with E-state index in [9.17, 15) is 4.79 Å². The van der Waals surface area contributed by atoms with Crippen molar-refractivity contribution in [2.45, 2.75) is 13.5 Å². The molecule has 0 fully saturated rings. The van der Waals surface area contributed by atoms with Crippen molar-refractivity contribution in [2.24, 2.45) is 0 Å². The molecule has 0 bridgehead atoms. The van der Waals surface area contributed by atoms with Gasteiger partial charge in [0.1, 0.15) is 12.1 Å². The molecule has 0 saturated carbocycles. The van der Waals surface area contributed by atoms with E-state index >= 15 is 0 Å². The van der Waals surface area contributed by atoms with Crippen molar-refractivity contribution in [1.82, 2.24) is 14.8 Å². The monoisotopic (exact) mass is 256 g/mol. The van der Waals surface area contributed by atoms with Crippen molar-refractivity contribution >= 4 is 16.8 Å². The fraction of sp³-hybridized carbons (Fsp3) is 0.154. The Kier molecular flexibility index (Phi) is 2.56. The Morgan fingerprint density at radius 2 is 2.21 bits per heavy atom. The average molecular weight is 256 g/mol. The summed E-state index contributed by atoms with van der Waals surface area (Å²) in [6.07, 6.45) is 1.63. The number of fused-ring (bicyclic) bond motifs is 1. The minimum absolute atomic E-state index is 0.179. The molecule has 2 N–H and O–H groups in total. The Bertz CT molecular complexity index is 804. The Morgan fingerprint density at radius 1 is 1.37 bits per heavy atom. The third kappa shape index (κ3) is 2.20. The van der Waals surface area contributed by atoms with Gasteiger partial charge in [0, 0.05) is 11.8 Å². The van der Waals surface area contributed by atoms with E-state index in [0.717, 1.165) is 5.56 Å². The van der Waals surface area contributed by atoms with Gasteiger partial charge < -0.3 is 10.2 Å². The van der Waals surface area contributed by atoms with Gasteiger partial charge in [-0.2, -0.15) is 5.10 Å². The van der Waals surface area contributed by atoms with Gasteiger partial charge in [0.15, 0.2) is 5.58 Å². The fourth-order valence-electron chi connectivity index (χ4n) is 1.83. The number of nitrogen functional groups attached to an aromatic ring is 1. The number of oxazole rings is 1. The maximum absolute atomic E-state index is 11.7. The van der Waals surface area contributed by atoms with Gasteiger partial charge in [-0.25, -0.2) is 9.67 Å². The second-order valence-corrected chi connectivity index (χ2v) is 4.36. The van der Waals surface area contributed by atoms with Crippen molar-refractivity contribution < 1.29 is 4.42 Å². The van der Waals surface area contributed by atoms with E-state index in [1.54, 1.807) is 24.4 Å². The highest BCUT2D eigenvalue weighted by Gasteiger charge is 2.08. The van der Waals surface area contributed by atoms with Gasteiger partial charge in [-0.05, 0) is 30.7 Å². The molecule has 6 nitrogen and oxygen atoms in total. The number of hydrogen-bond donors (Lipinski definition) is 1. The van der Waals surface area contributed by atoms with Crippen molar-refractivity contribution in [3.8, 4) is 0 Å². The molecule has 0 aliphatic heterocycles. The molecule has 3 rings (SSSR count). The second-order valence-electron chi connectivity index (χ2n) is 4.36. The molecule has 1 aromatic carbocycles. The van der Waals surface area contributed by atoms with Gasteiger partial charge in [-0.3, -0.25) is 4.79 Å². The van der Waals surface area contributed by atoms with E-state index in [2.05, 4.69) is 10.1 Å². The number of hydrogen-bond acceptors (Lipinski definition) is 5. The quantitative estimate of drug-likeness (QED) is 0.699. The van der Waals surface area contributed by atoms with Crippen LogP contribution in [-0.2, 0) is 6.54 Å². The normalized spacial score (nSPS) is 11.0. The van der Waals surface area contributed by atoms with E-state index < -0.39 is 0 Å². The van der Waals surface area contributed by atoms with E-state index in [4.69, 9.17) is 10.2 Å². The van der Waals surface area contributed by atoms with Crippen LogP contribution in [0.3, 0.4) is 0 Å². The zero-order valence-corrected chi connectivity index (χ0v) is 10.3. The van der Waals surface area contributed by atoms with E-state index in [0.29, 0.717) is 22.7 Å². The topological polar surface area (TPSA) is 86.9 Å². The number of aryl methyl sites for hydroxylation is 1. The third-order valence-electron chi connectivity index (χ3n) is 2.75. The number of aromatic nitrogens is 3. The highest BCUT2D eigenvalue weighted by molar-refractivity contribution is 5.76. The van der Waals surface area contributed by atoms with Crippen LogP contribution in [0, 0.1) is 6.92 Å². The summed E-state index contributed by atoms with van der Waals surface area (Å²) in [5.74, 6) is 0.430. The van der Waals surface area contributed by atoms with Crippen molar-refractivity contribution in [1.29, 1.82) is 0 Å². The molecular formula is C13H12N4O2. The highest BCUT2D eigenvalue weighted by Crippen LogP contribution is 2.18. The zero-order valence-electron chi connectivity index (χ0n) is 10.3. The smallest absolute Gasteiger partial charge is 0.267 e. The Morgan fingerprint density at radius 3 is 3.00 bits per heavy atom. The molecule has 19 heavy (non-hydrogen) atoms. The number of anilines is 1. The molecule has 0 aliphatic carbocycles. The third-order valence-corrected chi connectivity index (χ3v) is 2.75. The predicted molar refractivity (Wildman–Crippen MR) is 70.8 cm³/mol. The van der Waals surface area contributed by atoms with E-state index in [-0.39, 0.29) is 12.1 Å². The van der Waals surface area contributed by atoms with Crippen LogP contribution >= 0.6 is 0 Å². The number of nitrogens with zero attached hydrogens (tertiary/aromatic N) is 3. The lowest BCUT2D eigenvalue weighted by molar-refractivity contribution is 0.480. The molecule has 6 heteroatoms. The molecule has 0 atom stereocenters. The molecule has 0 unspecified atom stereocenters. The molecule has 0 radical (unpaired) electrons. The standard InChI is InChI=1S/C13H12N4O2/c1-8-4-13(18)17(15-6-8)7-12-16-10-5-9(14)2-3-11(10)19-12/h2-6H,7,14H2,1H3. The molecule has 2 aromatic heterocycles. The summed E-state index contributed by atoms with van der Waals surface area (Å²) < 4.78 is 6.85. The summed E-state index contributed by atoms with van der Waals surface area (Å²) in [7, 11) is 0. The van der Waals surface area contributed by atoms with Crippen molar-refractivity contribution in [2.75, 3.05) is 5.73 Å². The highest BCUT2D eigenvalue weighted by atomic mass is 16.3. The Balaban J connectivity index is 1.99. The van der Waals surface area contributed by atoms with Crippen LogP contribution in [-0.4, -0.2) is 14.8 Å². The van der Waals surface area contributed by atoms with Crippen LogP contribution in [0.2, 0.25) is 0 Å². The maximum Gasteiger partial charge on any atom is 0.267 e. The Labute approximate surface area is 108 Å². The Hall–Kier alpha value is -2.63. The van der Waals surface area contributed by atoms with Gasteiger partial charge in [0.2, 0.25) is 5.89 Å². The zero-order chi connectivity index (χ0) is 13.4. The molecule has 3 aromatic rings. The lowest BCUT2D eigenvalue weighted by Gasteiger charge is -2.00. The molecule has 96 valence electrons. The minimum atomic E-state index is -0.179. The number of benzene rings is 1. The largest absolute Gasteiger partial charge is 0.439 e. The predicted octanol–water partition coefficient (Wildman–Crippen LogP) is 1.32. The lowest BCUT2D eigenvalue weighted by atomic mass is 10.3. The maximum atomic E-state index is 11.7. The summed E-state index contributed by atoms with van der Waals surface area (Å²) in [5, 5.41) is 4.04. The van der Waals surface area contributed by atoms with Gasteiger partial charge in [0.25, 0.3) is 5.56 Å². The van der Waals surface area contributed by atoms with Gasteiger partial charge >= 0.3 is 0 Å². The molecular weight excluding hydrogens is 244 g/mol. The molecule has 2 heterocycles. The van der Waals surface area contributed by atoms with Crippen LogP contribution in [0.15, 0.2) is 39.7 Å². The van der Waals surface area contributed by atoms with E-state index in [1.165, 1.54) is 10.7 Å². The summed E-state index contributed by atoms with van der Waals surface area (Å²) in [5.41, 5.74) is 8.27. The van der Waals surface area contributed by atoms with Crippen molar-refractivity contribution in [3.05, 3.63) is 52.3 Å². The minimum Gasteiger partial charge on any atom is -0.439 e. The van der Waals surface area contributed by atoms with Gasteiger partial charge in [-0.15, -0.1) is 0 Å². The SMILES string of the molecule is Cc1cnn(Cc2nc3cc(N)ccc3o2)c(=O)c1. The van der Waals surface area contributed by atoms with Crippen LogP contribution < -0.4 is 11.3 Å².